The van der Waals surface area contributed by atoms with Crippen molar-refractivity contribution in [1.29, 1.82) is 0 Å². The molecule has 1 saturated heterocycles. The number of nitrogens with one attached hydrogen (secondary N) is 1. The molecule has 0 spiro atoms. The highest BCUT2D eigenvalue weighted by molar-refractivity contribution is 6.31. The number of likely N-dealkylation sites (tertiary alicyclic amines) is 1. The molecule has 5 heteroatoms. The van der Waals surface area contributed by atoms with Gasteiger partial charge in [0.25, 0.3) is 0 Å². The molecule has 0 radical (unpaired) electrons. The van der Waals surface area contributed by atoms with E-state index >= 15 is 0 Å². The Morgan fingerprint density at radius 3 is 2.75 bits per heavy atom. The highest BCUT2D eigenvalue weighted by Gasteiger charge is 2.31. The quantitative estimate of drug-likeness (QED) is 0.923. The van der Waals surface area contributed by atoms with Crippen LogP contribution in [-0.2, 0) is 16.0 Å². The molecular formula is C15H19ClN2O2. The summed E-state index contributed by atoms with van der Waals surface area (Å²) in [6.07, 6.45) is 0.623. The minimum atomic E-state index is -0.0973. The largest absolute Gasteiger partial charge is 0.351 e. The van der Waals surface area contributed by atoms with E-state index in [-0.39, 0.29) is 30.3 Å². The third-order valence-electron chi connectivity index (χ3n) is 3.46. The Morgan fingerprint density at radius 2 is 2.15 bits per heavy atom. The van der Waals surface area contributed by atoms with Crippen molar-refractivity contribution < 1.29 is 9.59 Å². The van der Waals surface area contributed by atoms with Crippen LogP contribution in [-0.4, -0.2) is 35.3 Å². The van der Waals surface area contributed by atoms with Gasteiger partial charge in [-0.3, -0.25) is 9.59 Å². The summed E-state index contributed by atoms with van der Waals surface area (Å²) in [6, 6.07) is 7.37. The smallest absolute Gasteiger partial charge is 0.225 e. The molecule has 1 unspecified atom stereocenters. The monoisotopic (exact) mass is 294 g/mol. The van der Waals surface area contributed by atoms with Gasteiger partial charge in [-0.2, -0.15) is 0 Å². The summed E-state index contributed by atoms with van der Waals surface area (Å²) in [4.78, 5) is 25.6. The molecule has 1 atom stereocenters. The molecule has 0 aromatic heterocycles. The van der Waals surface area contributed by atoms with Crippen LogP contribution in [0.2, 0.25) is 5.02 Å². The minimum absolute atomic E-state index is 0.0958. The molecule has 1 N–H and O–H groups in total. The molecule has 0 bridgehead atoms. The number of nitrogens with zero attached hydrogens (tertiary/aromatic N) is 1. The standard InChI is InChI=1S/C15H19ClN2O2/c1-10(2)18-9-12(8-15(18)20)17-14(19)7-11-5-3-4-6-13(11)16/h3-6,10,12H,7-9H2,1-2H3,(H,17,19). The van der Waals surface area contributed by atoms with Crippen molar-refractivity contribution in [3.8, 4) is 0 Å². The summed E-state index contributed by atoms with van der Waals surface area (Å²) in [5.74, 6) is 0.00421. The molecule has 1 aromatic carbocycles. The molecule has 2 rings (SSSR count). The van der Waals surface area contributed by atoms with Gasteiger partial charge in [0.05, 0.1) is 12.5 Å². The molecular weight excluding hydrogens is 276 g/mol. The number of halogens is 1. The van der Waals surface area contributed by atoms with Crippen LogP contribution in [0, 0.1) is 0 Å². The number of hydrogen-bond acceptors (Lipinski definition) is 2. The summed E-state index contributed by atoms with van der Waals surface area (Å²) in [5, 5.41) is 3.50. The van der Waals surface area contributed by atoms with Gasteiger partial charge in [-0.25, -0.2) is 0 Å². The molecule has 1 aliphatic heterocycles. The Bertz CT molecular complexity index is 516. The van der Waals surface area contributed by atoms with Crippen LogP contribution in [0.1, 0.15) is 25.8 Å². The van der Waals surface area contributed by atoms with Crippen molar-refractivity contribution in [2.24, 2.45) is 0 Å². The van der Waals surface area contributed by atoms with Gasteiger partial charge >= 0.3 is 0 Å². The number of amides is 2. The normalized spacial score (nSPS) is 18.7. The van der Waals surface area contributed by atoms with Crippen molar-refractivity contribution in [2.45, 2.75) is 38.8 Å². The van der Waals surface area contributed by atoms with Gasteiger partial charge in [0.2, 0.25) is 11.8 Å². The fourth-order valence-electron chi connectivity index (χ4n) is 2.42. The number of benzene rings is 1. The first-order chi connectivity index (χ1) is 9.47. The third kappa shape index (κ3) is 3.51. The summed E-state index contributed by atoms with van der Waals surface area (Å²) >= 11 is 6.03. The van der Waals surface area contributed by atoms with Crippen molar-refractivity contribution in [2.75, 3.05) is 6.54 Å². The number of rotatable bonds is 4. The van der Waals surface area contributed by atoms with Gasteiger partial charge in [0.1, 0.15) is 0 Å². The van der Waals surface area contributed by atoms with Crippen LogP contribution in [0.4, 0.5) is 0 Å². The second kappa shape index (κ2) is 6.27. The van der Waals surface area contributed by atoms with Gasteiger partial charge in [-0.15, -0.1) is 0 Å². The van der Waals surface area contributed by atoms with E-state index in [1.54, 1.807) is 11.0 Å². The van der Waals surface area contributed by atoms with Crippen molar-refractivity contribution >= 4 is 23.4 Å². The Labute approximate surface area is 124 Å². The number of carbonyl (C=O) groups is 2. The predicted molar refractivity (Wildman–Crippen MR) is 78.6 cm³/mol. The average Bonchev–Trinajstić information content (AvgIpc) is 2.73. The molecule has 1 aromatic rings. The highest BCUT2D eigenvalue weighted by atomic mass is 35.5. The minimum Gasteiger partial charge on any atom is -0.351 e. The maximum atomic E-state index is 12.0. The van der Waals surface area contributed by atoms with Gasteiger partial charge in [0.15, 0.2) is 0 Å². The van der Waals surface area contributed by atoms with Crippen molar-refractivity contribution in [3.05, 3.63) is 34.9 Å². The lowest BCUT2D eigenvalue weighted by Gasteiger charge is -2.21. The molecule has 1 fully saturated rings. The average molecular weight is 295 g/mol. The van der Waals surface area contributed by atoms with E-state index < -0.39 is 0 Å². The summed E-state index contributed by atoms with van der Waals surface area (Å²) in [5.41, 5.74) is 0.803. The molecule has 20 heavy (non-hydrogen) atoms. The van der Waals surface area contributed by atoms with Crippen LogP contribution < -0.4 is 5.32 Å². The van der Waals surface area contributed by atoms with Crippen LogP contribution >= 0.6 is 11.6 Å². The predicted octanol–water partition coefficient (Wildman–Crippen LogP) is 2.01. The zero-order valence-electron chi connectivity index (χ0n) is 11.7. The highest BCUT2D eigenvalue weighted by Crippen LogP contribution is 2.17. The Morgan fingerprint density at radius 1 is 1.45 bits per heavy atom. The Hall–Kier alpha value is -1.55. The van der Waals surface area contributed by atoms with E-state index in [1.165, 1.54) is 0 Å². The van der Waals surface area contributed by atoms with E-state index in [1.807, 2.05) is 32.0 Å². The fourth-order valence-corrected chi connectivity index (χ4v) is 2.62. The van der Waals surface area contributed by atoms with Crippen LogP contribution in [0.3, 0.4) is 0 Å². The fraction of sp³-hybridized carbons (Fsp3) is 0.467. The maximum absolute atomic E-state index is 12.0. The lowest BCUT2D eigenvalue weighted by atomic mass is 10.1. The lowest BCUT2D eigenvalue weighted by molar-refractivity contribution is -0.129. The topological polar surface area (TPSA) is 49.4 Å². The molecule has 4 nitrogen and oxygen atoms in total. The van der Waals surface area contributed by atoms with Crippen molar-refractivity contribution in [1.82, 2.24) is 10.2 Å². The van der Waals surface area contributed by atoms with Gasteiger partial charge in [-0.1, -0.05) is 29.8 Å². The molecule has 1 aliphatic rings. The Kier molecular flexibility index (Phi) is 4.65. The van der Waals surface area contributed by atoms with Gasteiger partial charge < -0.3 is 10.2 Å². The van der Waals surface area contributed by atoms with E-state index in [0.29, 0.717) is 18.0 Å². The maximum Gasteiger partial charge on any atom is 0.225 e. The summed E-state index contributed by atoms with van der Waals surface area (Å²) in [7, 11) is 0. The van der Waals surface area contributed by atoms with Crippen LogP contribution in [0.5, 0.6) is 0 Å². The molecule has 2 amide bonds. The zero-order chi connectivity index (χ0) is 14.7. The molecule has 1 heterocycles. The molecule has 0 saturated carbocycles. The summed E-state index contributed by atoms with van der Waals surface area (Å²) < 4.78 is 0. The van der Waals surface area contributed by atoms with Gasteiger partial charge in [-0.05, 0) is 25.5 Å². The summed E-state index contributed by atoms with van der Waals surface area (Å²) in [6.45, 7) is 4.54. The first kappa shape index (κ1) is 14.9. The molecule has 0 aliphatic carbocycles. The van der Waals surface area contributed by atoms with E-state index in [4.69, 9.17) is 11.6 Å². The van der Waals surface area contributed by atoms with Gasteiger partial charge in [0, 0.05) is 24.0 Å². The van der Waals surface area contributed by atoms with Crippen LogP contribution in [0.15, 0.2) is 24.3 Å². The second-order valence-electron chi connectivity index (χ2n) is 5.38. The van der Waals surface area contributed by atoms with Crippen LogP contribution in [0.25, 0.3) is 0 Å². The Balaban J connectivity index is 1.90. The lowest BCUT2D eigenvalue weighted by Crippen LogP contribution is -2.39. The third-order valence-corrected chi connectivity index (χ3v) is 3.82. The first-order valence-corrected chi connectivity index (χ1v) is 7.17. The number of carbonyl (C=O) groups excluding carboxylic acids is 2. The first-order valence-electron chi connectivity index (χ1n) is 6.79. The molecule has 108 valence electrons. The number of hydrogen-bond donors (Lipinski definition) is 1. The second-order valence-corrected chi connectivity index (χ2v) is 5.78. The SMILES string of the molecule is CC(C)N1CC(NC(=O)Cc2ccccc2Cl)CC1=O. The van der Waals surface area contributed by atoms with E-state index in [9.17, 15) is 9.59 Å². The van der Waals surface area contributed by atoms with E-state index in [2.05, 4.69) is 5.32 Å². The van der Waals surface area contributed by atoms with E-state index in [0.717, 1.165) is 5.56 Å². The zero-order valence-corrected chi connectivity index (χ0v) is 12.5. The van der Waals surface area contributed by atoms with Crippen molar-refractivity contribution in [3.63, 3.8) is 0 Å².